The average molecular weight is 372 g/mol. The molecule has 0 aliphatic carbocycles. The Morgan fingerprint density at radius 1 is 1.15 bits per heavy atom. The van der Waals surface area contributed by atoms with Crippen LogP contribution in [0, 0.1) is 6.92 Å². The molecule has 0 saturated heterocycles. The fourth-order valence-electron chi connectivity index (χ4n) is 3.10. The zero-order chi connectivity index (χ0) is 19.3. The lowest BCUT2D eigenvalue weighted by Gasteiger charge is -2.21. The quantitative estimate of drug-likeness (QED) is 0.632. The lowest BCUT2D eigenvalue weighted by molar-refractivity contribution is 0.0937. The smallest absolute Gasteiger partial charge is 0.252 e. The van der Waals surface area contributed by atoms with Gasteiger partial charge in [0, 0.05) is 4.90 Å². The molecule has 1 amide bonds. The molecule has 1 N–H and O–H groups in total. The third-order valence-electron chi connectivity index (χ3n) is 4.49. The van der Waals surface area contributed by atoms with Crippen molar-refractivity contribution >= 4 is 17.7 Å². The first kappa shape index (κ1) is 20.4. The summed E-state index contributed by atoms with van der Waals surface area (Å²) in [5.74, 6) is 2.17. The third-order valence-corrected chi connectivity index (χ3v) is 5.44. The van der Waals surface area contributed by atoms with E-state index in [0.29, 0.717) is 5.92 Å². The molecule has 3 nitrogen and oxygen atoms in total. The van der Waals surface area contributed by atoms with Crippen molar-refractivity contribution in [1.29, 1.82) is 0 Å². The monoisotopic (exact) mass is 371 g/mol. The maximum Gasteiger partial charge on any atom is 0.252 e. The van der Waals surface area contributed by atoms with Gasteiger partial charge in [0.25, 0.3) is 5.91 Å². The Morgan fingerprint density at radius 2 is 1.85 bits per heavy atom. The number of ether oxygens (including phenoxy) is 1. The predicted molar refractivity (Wildman–Crippen MR) is 111 cm³/mol. The molecular weight excluding hydrogens is 342 g/mol. The maximum absolute atomic E-state index is 12.8. The van der Waals surface area contributed by atoms with Crippen LogP contribution in [0.5, 0.6) is 5.75 Å². The van der Waals surface area contributed by atoms with E-state index < -0.39 is 0 Å². The number of hydrogen-bond acceptors (Lipinski definition) is 3. The van der Waals surface area contributed by atoms with Gasteiger partial charge >= 0.3 is 0 Å². The molecule has 2 aromatic carbocycles. The van der Waals surface area contributed by atoms with E-state index in [1.54, 1.807) is 18.9 Å². The minimum Gasteiger partial charge on any atom is -0.496 e. The highest BCUT2D eigenvalue weighted by atomic mass is 32.2. The summed E-state index contributed by atoms with van der Waals surface area (Å²) in [6.07, 6.45) is 0. The van der Waals surface area contributed by atoms with Crippen LogP contribution in [0.1, 0.15) is 66.7 Å². The number of benzene rings is 2. The second-order valence-electron chi connectivity index (χ2n) is 6.73. The van der Waals surface area contributed by atoms with Crippen LogP contribution in [0.15, 0.2) is 41.3 Å². The van der Waals surface area contributed by atoms with Crippen molar-refractivity contribution in [2.75, 3.05) is 12.9 Å². The zero-order valence-corrected chi connectivity index (χ0v) is 17.4. The van der Waals surface area contributed by atoms with Gasteiger partial charge in [-0.15, -0.1) is 11.8 Å². The van der Waals surface area contributed by atoms with Crippen molar-refractivity contribution in [3.05, 3.63) is 58.7 Å². The average Bonchev–Trinajstić information content (AvgIpc) is 2.61. The molecule has 0 fully saturated rings. The van der Waals surface area contributed by atoms with Gasteiger partial charge in [0.1, 0.15) is 5.75 Å². The standard InChI is InChI=1S/C22H29NO2S/c1-7-26-21-11-9-8-10-17(21)22(24)23-16(5)19-13-18(14(2)3)20(25-6)12-15(19)4/h8-14,16H,7H2,1-6H3,(H,23,24)/t16-/m1/s1. The number of carbonyl (C=O) groups excluding carboxylic acids is 1. The molecule has 0 aliphatic rings. The van der Waals surface area contributed by atoms with E-state index in [2.05, 4.69) is 45.1 Å². The number of hydrogen-bond donors (Lipinski definition) is 1. The number of aryl methyl sites for hydroxylation is 1. The summed E-state index contributed by atoms with van der Waals surface area (Å²) in [6, 6.07) is 11.9. The molecule has 0 aliphatic heterocycles. The number of nitrogens with one attached hydrogen (secondary N) is 1. The van der Waals surface area contributed by atoms with Crippen LogP contribution in [0.25, 0.3) is 0 Å². The van der Waals surface area contributed by atoms with Gasteiger partial charge < -0.3 is 10.1 Å². The predicted octanol–water partition coefficient (Wildman–Crippen LogP) is 5.73. The van der Waals surface area contributed by atoms with Crippen molar-refractivity contribution in [2.45, 2.75) is 51.5 Å². The summed E-state index contributed by atoms with van der Waals surface area (Å²) in [7, 11) is 1.70. The lowest BCUT2D eigenvalue weighted by Crippen LogP contribution is -2.27. The molecule has 4 heteroatoms. The van der Waals surface area contributed by atoms with Gasteiger partial charge in [0.2, 0.25) is 0 Å². The number of amides is 1. The molecule has 2 aromatic rings. The minimum absolute atomic E-state index is 0.0321. The summed E-state index contributed by atoms with van der Waals surface area (Å²) in [5.41, 5.74) is 4.15. The van der Waals surface area contributed by atoms with Gasteiger partial charge in [0.05, 0.1) is 18.7 Å². The van der Waals surface area contributed by atoms with E-state index in [1.165, 1.54) is 0 Å². The number of rotatable bonds is 7. The summed E-state index contributed by atoms with van der Waals surface area (Å²) in [4.78, 5) is 13.9. The highest BCUT2D eigenvalue weighted by molar-refractivity contribution is 7.99. The molecule has 0 heterocycles. The van der Waals surface area contributed by atoms with Gasteiger partial charge in [-0.25, -0.2) is 0 Å². The molecule has 0 saturated carbocycles. The number of methoxy groups -OCH3 is 1. The molecule has 140 valence electrons. The minimum atomic E-state index is -0.0782. The Morgan fingerprint density at radius 3 is 2.46 bits per heavy atom. The van der Waals surface area contributed by atoms with Gasteiger partial charge in [-0.05, 0) is 66.5 Å². The van der Waals surface area contributed by atoms with Crippen molar-refractivity contribution in [3.63, 3.8) is 0 Å². The number of thioether (sulfide) groups is 1. The fraction of sp³-hybridized carbons (Fsp3) is 0.409. The Labute approximate surface area is 161 Å². The van der Waals surface area contributed by atoms with E-state index in [4.69, 9.17) is 4.74 Å². The molecule has 0 aromatic heterocycles. The largest absolute Gasteiger partial charge is 0.496 e. The van der Waals surface area contributed by atoms with Gasteiger partial charge in [-0.1, -0.05) is 32.9 Å². The van der Waals surface area contributed by atoms with Crippen LogP contribution in [0.3, 0.4) is 0 Å². The van der Waals surface area contributed by atoms with Gasteiger partial charge in [-0.2, -0.15) is 0 Å². The highest BCUT2D eigenvalue weighted by Gasteiger charge is 2.18. The van der Waals surface area contributed by atoms with Crippen LogP contribution < -0.4 is 10.1 Å². The summed E-state index contributed by atoms with van der Waals surface area (Å²) in [5, 5.41) is 3.16. The van der Waals surface area contributed by atoms with E-state index in [-0.39, 0.29) is 11.9 Å². The van der Waals surface area contributed by atoms with Crippen LogP contribution in [0.2, 0.25) is 0 Å². The second kappa shape index (κ2) is 9.13. The van der Waals surface area contributed by atoms with Crippen molar-refractivity contribution in [2.24, 2.45) is 0 Å². The summed E-state index contributed by atoms with van der Waals surface area (Å²) < 4.78 is 5.53. The van der Waals surface area contributed by atoms with Crippen molar-refractivity contribution in [1.82, 2.24) is 5.32 Å². The molecule has 26 heavy (non-hydrogen) atoms. The molecule has 0 bridgehead atoms. The van der Waals surface area contributed by atoms with E-state index in [1.807, 2.05) is 31.2 Å². The molecular formula is C22H29NO2S. The highest BCUT2D eigenvalue weighted by Crippen LogP contribution is 2.32. The second-order valence-corrected chi connectivity index (χ2v) is 8.04. The van der Waals surface area contributed by atoms with E-state index >= 15 is 0 Å². The molecule has 1 atom stereocenters. The number of carbonyl (C=O) groups is 1. The van der Waals surface area contributed by atoms with Crippen molar-refractivity contribution in [3.8, 4) is 5.75 Å². The van der Waals surface area contributed by atoms with Crippen LogP contribution in [0.4, 0.5) is 0 Å². The summed E-state index contributed by atoms with van der Waals surface area (Å²) >= 11 is 1.69. The SMILES string of the molecule is CCSc1ccccc1C(=O)N[C@H](C)c1cc(C(C)C)c(OC)cc1C. The maximum atomic E-state index is 12.8. The van der Waals surface area contributed by atoms with E-state index in [9.17, 15) is 4.79 Å². The van der Waals surface area contributed by atoms with Gasteiger partial charge in [0.15, 0.2) is 0 Å². The normalized spacial score (nSPS) is 12.1. The van der Waals surface area contributed by atoms with Crippen molar-refractivity contribution < 1.29 is 9.53 Å². The van der Waals surface area contributed by atoms with Gasteiger partial charge in [-0.3, -0.25) is 4.79 Å². The summed E-state index contributed by atoms with van der Waals surface area (Å²) in [6.45, 7) is 10.5. The Hall–Kier alpha value is -1.94. The zero-order valence-electron chi connectivity index (χ0n) is 16.6. The van der Waals surface area contributed by atoms with Crippen LogP contribution in [-0.4, -0.2) is 18.8 Å². The van der Waals surface area contributed by atoms with Crippen LogP contribution in [-0.2, 0) is 0 Å². The van der Waals surface area contributed by atoms with E-state index in [0.717, 1.165) is 38.7 Å². The first-order valence-corrected chi connectivity index (χ1v) is 10.1. The third kappa shape index (κ3) is 4.61. The Kier molecular flexibility index (Phi) is 7.15. The fourth-order valence-corrected chi connectivity index (χ4v) is 3.90. The Balaban J connectivity index is 2.29. The molecule has 0 spiro atoms. The van der Waals surface area contributed by atoms with Crippen LogP contribution >= 0.6 is 11.8 Å². The first-order chi connectivity index (χ1) is 12.4. The molecule has 0 unspecified atom stereocenters. The lowest BCUT2D eigenvalue weighted by atomic mass is 9.93. The topological polar surface area (TPSA) is 38.3 Å². The first-order valence-electron chi connectivity index (χ1n) is 9.10. The molecule has 2 rings (SSSR count). The Bertz CT molecular complexity index is 771. The molecule has 0 radical (unpaired) electrons.